The molecular weight excluding hydrogens is 236 g/mol. The molecule has 1 aromatic carbocycles. The zero-order valence-corrected chi connectivity index (χ0v) is 10.3. The normalized spacial score (nSPS) is 10.4. The van der Waals surface area contributed by atoms with Crippen LogP contribution in [0.15, 0.2) is 18.2 Å². The van der Waals surface area contributed by atoms with Crippen LogP contribution in [0.5, 0.6) is 5.75 Å². The highest BCUT2D eigenvalue weighted by Crippen LogP contribution is 2.20. The van der Waals surface area contributed by atoms with Gasteiger partial charge >= 0.3 is 11.9 Å². The molecule has 0 radical (unpaired) electrons. The van der Waals surface area contributed by atoms with E-state index in [2.05, 4.69) is 0 Å². The monoisotopic (exact) mass is 252 g/mol. The van der Waals surface area contributed by atoms with E-state index in [1.807, 2.05) is 13.8 Å². The molecule has 5 nitrogen and oxygen atoms in total. The fraction of sp³-hybridized carbons (Fsp3) is 0.385. The molecule has 0 fully saturated rings. The summed E-state index contributed by atoms with van der Waals surface area (Å²) in [6.07, 6.45) is -0.421. The van der Waals surface area contributed by atoms with Crippen molar-refractivity contribution in [2.24, 2.45) is 0 Å². The maximum atomic E-state index is 10.8. The molecule has 0 aliphatic rings. The number of carbonyl (C=O) groups is 2. The van der Waals surface area contributed by atoms with Gasteiger partial charge < -0.3 is 14.9 Å². The molecule has 0 aliphatic heterocycles. The van der Waals surface area contributed by atoms with Gasteiger partial charge in [-0.25, -0.2) is 0 Å². The quantitative estimate of drug-likeness (QED) is 0.805. The van der Waals surface area contributed by atoms with Crippen molar-refractivity contribution in [1.29, 1.82) is 0 Å². The zero-order chi connectivity index (χ0) is 13.7. The van der Waals surface area contributed by atoms with Gasteiger partial charge in [0.25, 0.3) is 0 Å². The number of rotatable bonds is 6. The summed E-state index contributed by atoms with van der Waals surface area (Å²) < 4.78 is 5.46. The lowest BCUT2D eigenvalue weighted by Gasteiger charge is -2.13. The van der Waals surface area contributed by atoms with Gasteiger partial charge in [0.2, 0.25) is 0 Å². The van der Waals surface area contributed by atoms with E-state index in [4.69, 9.17) is 14.9 Å². The molecule has 1 aromatic rings. The molecule has 98 valence electrons. The fourth-order valence-corrected chi connectivity index (χ4v) is 1.61. The highest BCUT2D eigenvalue weighted by atomic mass is 16.5. The number of benzene rings is 1. The Labute approximate surface area is 105 Å². The summed E-state index contributed by atoms with van der Waals surface area (Å²) in [6, 6.07) is 4.85. The summed E-state index contributed by atoms with van der Waals surface area (Å²) in [5.41, 5.74) is 0.976. The van der Waals surface area contributed by atoms with E-state index in [1.54, 1.807) is 18.2 Å². The smallest absolute Gasteiger partial charge is 0.307 e. The maximum Gasteiger partial charge on any atom is 0.307 e. The van der Waals surface area contributed by atoms with E-state index in [-0.39, 0.29) is 18.9 Å². The summed E-state index contributed by atoms with van der Waals surface area (Å²) in [4.78, 5) is 21.4. The standard InChI is InChI=1S/C13H16O5/c1-8(2)18-11-4-3-9(6-12(14)15)10(5-11)7-13(16)17/h3-5,8H,6-7H2,1-2H3,(H,14,15)(H,16,17). The summed E-state index contributed by atoms with van der Waals surface area (Å²) in [5.74, 6) is -1.43. The first-order chi connectivity index (χ1) is 8.38. The number of carboxylic acid groups (broad SMARTS) is 2. The van der Waals surface area contributed by atoms with E-state index < -0.39 is 11.9 Å². The number of hydrogen-bond acceptors (Lipinski definition) is 3. The van der Waals surface area contributed by atoms with Gasteiger partial charge in [-0.3, -0.25) is 9.59 Å². The molecule has 0 amide bonds. The molecule has 1 rings (SSSR count). The Bertz CT molecular complexity index is 451. The second-order valence-electron chi connectivity index (χ2n) is 4.24. The predicted molar refractivity (Wildman–Crippen MR) is 64.9 cm³/mol. The van der Waals surface area contributed by atoms with Crippen LogP contribution in [-0.4, -0.2) is 28.3 Å². The Morgan fingerprint density at radius 1 is 1.11 bits per heavy atom. The Morgan fingerprint density at radius 3 is 2.17 bits per heavy atom. The van der Waals surface area contributed by atoms with Crippen molar-refractivity contribution >= 4 is 11.9 Å². The fourth-order valence-electron chi connectivity index (χ4n) is 1.61. The number of aliphatic carboxylic acids is 2. The molecule has 5 heteroatoms. The average Bonchev–Trinajstić information content (AvgIpc) is 2.19. The van der Waals surface area contributed by atoms with E-state index in [9.17, 15) is 9.59 Å². The molecule has 0 saturated carbocycles. The van der Waals surface area contributed by atoms with Crippen LogP contribution in [0.2, 0.25) is 0 Å². The van der Waals surface area contributed by atoms with E-state index in [1.165, 1.54) is 0 Å². The van der Waals surface area contributed by atoms with E-state index in [0.29, 0.717) is 16.9 Å². The van der Waals surface area contributed by atoms with Crippen LogP contribution >= 0.6 is 0 Å². The summed E-state index contributed by atoms with van der Waals surface area (Å²) >= 11 is 0. The molecule has 0 aliphatic carbocycles. The van der Waals surface area contributed by atoms with Gasteiger partial charge in [0.05, 0.1) is 18.9 Å². The minimum absolute atomic E-state index is 0.0204. The number of carboxylic acids is 2. The third kappa shape index (κ3) is 4.45. The topological polar surface area (TPSA) is 83.8 Å². The SMILES string of the molecule is CC(C)Oc1ccc(CC(=O)O)c(CC(=O)O)c1. The summed E-state index contributed by atoms with van der Waals surface area (Å²) in [7, 11) is 0. The van der Waals surface area contributed by atoms with Crippen molar-refractivity contribution in [2.75, 3.05) is 0 Å². The summed E-state index contributed by atoms with van der Waals surface area (Å²) in [5, 5.41) is 17.6. The molecule has 0 aromatic heterocycles. The highest BCUT2D eigenvalue weighted by molar-refractivity contribution is 5.74. The van der Waals surface area contributed by atoms with Gasteiger partial charge in [-0.05, 0) is 37.1 Å². The Kier molecular flexibility index (Phi) is 4.71. The molecule has 0 spiro atoms. The molecule has 2 N–H and O–H groups in total. The zero-order valence-electron chi connectivity index (χ0n) is 10.3. The molecule has 0 heterocycles. The van der Waals surface area contributed by atoms with Gasteiger partial charge in [-0.15, -0.1) is 0 Å². The van der Waals surface area contributed by atoms with Crippen LogP contribution in [0.25, 0.3) is 0 Å². The third-order valence-electron chi connectivity index (χ3n) is 2.23. The first kappa shape index (κ1) is 14.0. The van der Waals surface area contributed by atoms with Gasteiger partial charge in [-0.2, -0.15) is 0 Å². The van der Waals surface area contributed by atoms with Crippen molar-refractivity contribution in [3.05, 3.63) is 29.3 Å². The average molecular weight is 252 g/mol. The van der Waals surface area contributed by atoms with Crippen LogP contribution < -0.4 is 4.74 Å². The Balaban J connectivity index is 3.03. The van der Waals surface area contributed by atoms with Crippen LogP contribution in [0.3, 0.4) is 0 Å². The van der Waals surface area contributed by atoms with Crippen LogP contribution in [0, 0.1) is 0 Å². The first-order valence-electron chi connectivity index (χ1n) is 5.60. The second-order valence-corrected chi connectivity index (χ2v) is 4.24. The minimum Gasteiger partial charge on any atom is -0.491 e. The van der Waals surface area contributed by atoms with Crippen LogP contribution in [0.1, 0.15) is 25.0 Å². The highest BCUT2D eigenvalue weighted by Gasteiger charge is 2.12. The van der Waals surface area contributed by atoms with Gasteiger partial charge in [0.15, 0.2) is 0 Å². The lowest BCUT2D eigenvalue weighted by atomic mass is 10.0. The second kappa shape index (κ2) is 6.05. The molecular formula is C13H16O5. The first-order valence-corrected chi connectivity index (χ1v) is 5.60. The molecule has 0 bridgehead atoms. The van der Waals surface area contributed by atoms with E-state index >= 15 is 0 Å². The molecule has 18 heavy (non-hydrogen) atoms. The third-order valence-corrected chi connectivity index (χ3v) is 2.23. The molecule has 0 unspecified atom stereocenters. The van der Waals surface area contributed by atoms with Crippen LogP contribution in [0.4, 0.5) is 0 Å². The molecule has 0 atom stereocenters. The van der Waals surface area contributed by atoms with Crippen molar-refractivity contribution in [3.63, 3.8) is 0 Å². The Hall–Kier alpha value is -2.04. The summed E-state index contributed by atoms with van der Waals surface area (Å²) in [6.45, 7) is 3.73. The van der Waals surface area contributed by atoms with Crippen molar-refractivity contribution < 1.29 is 24.5 Å². The number of ether oxygens (including phenoxy) is 1. The minimum atomic E-state index is -0.997. The molecule has 0 saturated heterocycles. The lowest BCUT2D eigenvalue weighted by molar-refractivity contribution is -0.137. The van der Waals surface area contributed by atoms with Crippen molar-refractivity contribution in [1.82, 2.24) is 0 Å². The van der Waals surface area contributed by atoms with Gasteiger partial charge in [0.1, 0.15) is 5.75 Å². The van der Waals surface area contributed by atoms with Crippen LogP contribution in [-0.2, 0) is 22.4 Å². The largest absolute Gasteiger partial charge is 0.491 e. The lowest BCUT2D eigenvalue weighted by Crippen LogP contribution is -2.10. The predicted octanol–water partition coefficient (Wildman–Crippen LogP) is 1.73. The maximum absolute atomic E-state index is 10.8. The van der Waals surface area contributed by atoms with Crippen molar-refractivity contribution in [3.8, 4) is 5.75 Å². The van der Waals surface area contributed by atoms with Gasteiger partial charge in [-0.1, -0.05) is 6.07 Å². The number of hydrogen-bond donors (Lipinski definition) is 2. The Morgan fingerprint density at radius 2 is 1.67 bits per heavy atom. The van der Waals surface area contributed by atoms with Crippen molar-refractivity contribution in [2.45, 2.75) is 32.8 Å². The van der Waals surface area contributed by atoms with E-state index in [0.717, 1.165) is 0 Å². The van der Waals surface area contributed by atoms with Gasteiger partial charge in [0, 0.05) is 0 Å².